The summed E-state index contributed by atoms with van der Waals surface area (Å²) in [6.07, 6.45) is 4.37. The normalized spacial score (nSPS) is 10.4. The molecule has 0 radical (unpaired) electrons. The van der Waals surface area contributed by atoms with Crippen molar-refractivity contribution in [3.63, 3.8) is 0 Å². The van der Waals surface area contributed by atoms with Gasteiger partial charge in [0.25, 0.3) is 5.91 Å². The van der Waals surface area contributed by atoms with Gasteiger partial charge in [-0.3, -0.25) is 4.79 Å². The number of hydrogen-bond acceptors (Lipinski definition) is 3. The number of nitrogens with one attached hydrogen (secondary N) is 1. The van der Waals surface area contributed by atoms with Crippen molar-refractivity contribution < 1.29 is 9.53 Å². The lowest BCUT2D eigenvalue weighted by Gasteiger charge is -2.07. The highest BCUT2D eigenvalue weighted by atomic mass is 16.5. The highest BCUT2D eigenvalue weighted by Gasteiger charge is 2.05. The van der Waals surface area contributed by atoms with Gasteiger partial charge in [-0.25, -0.2) is 4.68 Å². The summed E-state index contributed by atoms with van der Waals surface area (Å²) in [5.41, 5.74) is 2.72. The van der Waals surface area contributed by atoms with Crippen LogP contribution in [0.3, 0.4) is 0 Å². The smallest absolute Gasteiger partial charge is 0.251 e. The number of carbonyl (C=O) groups excluding carboxylic acids is 1. The molecule has 0 spiro atoms. The van der Waals surface area contributed by atoms with Gasteiger partial charge in [0, 0.05) is 24.5 Å². The molecule has 1 N–H and O–H groups in total. The Morgan fingerprint density at radius 3 is 2.50 bits per heavy atom. The van der Waals surface area contributed by atoms with E-state index in [0.29, 0.717) is 12.1 Å². The van der Waals surface area contributed by atoms with E-state index < -0.39 is 0 Å². The minimum Gasteiger partial charge on any atom is -0.497 e. The van der Waals surface area contributed by atoms with Crippen molar-refractivity contribution in [2.24, 2.45) is 0 Å². The first-order chi connectivity index (χ1) is 11.8. The average molecular weight is 321 g/mol. The van der Waals surface area contributed by atoms with Crippen molar-refractivity contribution in [2.75, 3.05) is 13.7 Å². The van der Waals surface area contributed by atoms with Crippen LogP contribution in [0, 0.1) is 0 Å². The van der Waals surface area contributed by atoms with Crippen LogP contribution >= 0.6 is 0 Å². The van der Waals surface area contributed by atoms with Crippen LogP contribution in [0.2, 0.25) is 0 Å². The molecule has 0 bridgehead atoms. The summed E-state index contributed by atoms with van der Waals surface area (Å²) in [5, 5.41) is 7.10. The number of ether oxygens (including phenoxy) is 1. The van der Waals surface area contributed by atoms with Crippen LogP contribution in [0.15, 0.2) is 67.0 Å². The minimum absolute atomic E-state index is 0.0736. The quantitative estimate of drug-likeness (QED) is 0.759. The second-order valence-electron chi connectivity index (χ2n) is 5.35. The number of rotatable bonds is 6. The van der Waals surface area contributed by atoms with Crippen LogP contribution in [0.5, 0.6) is 5.75 Å². The van der Waals surface area contributed by atoms with Gasteiger partial charge in [-0.2, -0.15) is 5.10 Å². The topological polar surface area (TPSA) is 56.1 Å². The SMILES string of the molecule is COc1ccc(CCNC(=O)c2ccc(-n3cccn3)cc2)cc1. The van der Waals surface area contributed by atoms with Gasteiger partial charge in [-0.05, 0) is 54.4 Å². The van der Waals surface area contributed by atoms with E-state index in [4.69, 9.17) is 4.74 Å². The van der Waals surface area contributed by atoms with Gasteiger partial charge in [-0.15, -0.1) is 0 Å². The fraction of sp³-hybridized carbons (Fsp3) is 0.158. The molecule has 0 aliphatic rings. The van der Waals surface area contributed by atoms with E-state index in [1.165, 1.54) is 0 Å². The lowest BCUT2D eigenvalue weighted by Crippen LogP contribution is -2.25. The minimum atomic E-state index is -0.0736. The molecule has 0 aliphatic heterocycles. The van der Waals surface area contributed by atoms with E-state index in [-0.39, 0.29) is 5.91 Å². The van der Waals surface area contributed by atoms with Crippen molar-refractivity contribution in [1.29, 1.82) is 0 Å². The van der Waals surface area contributed by atoms with Crippen LogP contribution in [-0.4, -0.2) is 29.3 Å². The molecule has 0 atom stereocenters. The van der Waals surface area contributed by atoms with Crippen LogP contribution in [0.25, 0.3) is 5.69 Å². The summed E-state index contributed by atoms with van der Waals surface area (Å²) in [5.74, 6) is 0.760. The fourth-order valence-electron chi connectivity index (χ4n) is 2.40. The summed E-state index contributed by atoms with van der Waals surface area (Å²) in [7, 11) is 1.65. The first-order valence-electron chi connectivity index (χ1n) is 7.77. The summed E-state index contributed by atoms with van der Waals surface area (Å²) in [4.78, 5) is 12.2. The molecule has 1 heterocycles. The Kier molecular flexibility index (Phi) is 4.91. The molecule has 3 aromatic rings. The Balaban J connectivity index is 1.53. The van der Waals surface area contributed by atoms with E-state index >= 15 is 0 Å². The molecule has 24 heavy (non-hydrogen) atoms. The Morgan fingerprint density at radius 1 is 1.12 bits per heavy atom. The van der Waals surface area contributed by atoms with Crippen molar-refractivity contribution >= 4 is 5.91 Å². The van der Waals surface area contributed by atoms with Gasteiger partial charge >= 0.3 is 0 Å². The van der Waals surface area contributed by atoms with Crippen LogP contribution < -0.4 is 10.1 Å². The molecular weight excluding hydrogens is 302 g/mol. The van der Waals surface area contributed by atoms with Crippen molar-refractivity contribution in [1.82, 2.24) is 15.1 Å². The van der Waals surface area contributed by atoms with Gasteiger partial charge in [0.05, 0.1) is 12.8 Å². The number of benzene rings is 2. The number of methoxy groups -OCH3 is 1. The summed E-state index contributed by atoms with van der Waals surface area (Å²) < 4.78 is 6.89. The first kappa shape index (κ1) is 15.8. The third-order valence-electron chi connectivity index (χ3n) is 3.76. The van der Waals surface area contributed by atoms with E-state index in [0.717, 1.165) is 23.4 Å². The molecule has 0 saturated carbocycles. The predicted octanol–water partition coefficient (Wildman–Crippen LogP) is 2.85. The van der Waals surface area contributed by atoms with E-state index in [1.54, 1.807) is 30.1 Å². The van der Waals surface area contributed by atoms with Gasteiger partial charge in [0.15, 0.2) is 0 Å². The zero-order valence-electron chi connectivity index (χ0n) is 13.5. The fourth-order valence-corrected chi connectivity index (χ4v) is 2.40. The molecule has 122 valence electrons. The Hall–Kier alpha value is -3.08. The van der Waals surface area contributed by atoms with Crippen LogP contribution in [0.1, 0.15) is 15.9 Å². The summed E-state index contributed by atoms with van der Waals surface area (Å²) in [6.45, 7) is 0.589. The molecule has 3 rings (SSSR count). The van der Waals surface area contributed by atoms with Gasteiger partial charge in [0.1, 0.15) is 5.75 Å². The van der Waals surface area contributed by atoms with E-state index in [1.807, 2.05) is 48.7 Å². The Morgan fingerprint density at radius 2 is 1.88 bits per heavy atom. The molecule has 0 unspecified atom stereocenters. The molecule has 2 aromatic carbocycles. The Bertz CT molecular complexity index is 778. The largest absolute Gasteiger partial charge is 0.497 e. The van der Waals surface area contributed by atoms with Crippen molar-refractivity contribution in [3.8, 4) is 11.4 Å². The number of hydrogen-bond donors (Lipinski definition) is 1. The molecule has 0 aliphatic carbocycles. The third-order valence-corrected chi connectivity index (χ3v) is 3.76. The maximum absolute atomic E-state index is 12.2. The highest BCUT2D eigenvalue weighted by Crippen LogP contribution is 2.12. The Labute approximate surface area is 140 Å². The monoisotopic (exact) mass is 321 g/mol. The second kappa shape index (κ2) is 7.46. The molecular formula is C19H19N3O2. The zero-order valence-corrected chi connectivity index (χ0v) is 13.5. The standard InChI is InChI=1S/C19H19N3O2/c1-24-18-9-3-15(4-10-18)11-13-20-19(23)16-5-7-17(8-6-16)22-14-2-12-21-22/h2-10,12,14H,11,13H2,1H3,(H,20,23). The summed E-state index contributed by atoms with van der Waals surface area (Å²) in [6, 6.07) is 17.1. The molecule has 1 amide bonds. The molecule has 1 aromatic heterocycles. The maximum Gasteiger partial charge on any atom is 0.251 e. The van der Waals surface area contributed by atoms with Crippen molar-refractivity contribution in [2.45, 2.75) is 6.42 Å². The lowest BCUT2D eigenvalue weighted by molar-refractivity contribution is 0.0954. The maximum atomic E-state index is 12.2. The van der Waals surface area contributed by atoms with Crippen LogP contribution in [-0.2, 0) is 6.42 Å². The van der Waals surface area contributed by atoms with Crippen LogP contribution in [0.4, 0.5) is 0 Å². The van der Waals surface area contributed by atoms with E-state index in [9.17, 15) is 4.79 Å². The lowest BCUT2D eigenvalue weighted by atomic mass is 10.1. The van der Waals surface area contributed by atoms with Gasteiger partial charge in [-0.1, -0.05) is 12.1 Å². The molecule has 0 saturated heterocycles. The molecule has 0 fully saturated rings. The third kappa shape index (κ3) is 3.81. The van der Waals surface area contributed by atoms with Gasteiger partial charge in [0.2, 0.25) is 0 Å². The molecule has 5 nitrogen and oxygen atoms in total. The molecule has 5 heteroatoms. The van der Waals surface area contributed by atoms with Gasteiger partial charge < -0.3 is 10.1 Å². The predicted molar refractivity (Wildman–Crippen MR) is 92.6 cm³/mol. The zero-order chi connectivity index (χ0) is 16.8. The second-order valence-corrected chi connectivity index (χ2v) is 5.35. The first-order valence-corrected chi connectivity index (χ1v) is 7.77. The number of amides is 1. The number of aromatic nitrogens is 2. The average Bonchev–Trinajstić information content (AvgIpc) is 3.17. The highest BCUT2D eigenvalue weighted by molar-refractivity contribution is 5.94. The number of nitrogens with zero attached hydrogens (tertiary/aromatic N) is 2. The summed E-state index contributed by atoms with van der Waals surface area (Å²) >= 11 is 0. The van der Waals surface area contributed by atoms with E-state index in [2.05, 4.69) is 10.4 Å². The van der Waals surface area contributed by atoms with Crippen molar-refractivity contribution in [3.05, 3.63) is 78.1 Å². The number of carbonyl (C=O) groups is 1.